The fraction of sp³-hybridized carbons (Fsp3) is 0.0800. The number of methoxy groups -OCH3 is 1. The van der Waals surface area contributed by atoms with Gasteiger partial charge in [0.15, 0.2) is 0 Å². The predicted octanol–water partition coefficient (Wildman–Crippen LogP) is 4.70. The Labute approximate surface area is 198 Å². The molecule has 0 aromatic heterocycles. The number of hydrogen-bond donors (Lipinski definition) is 1. The van der Waals surface area contributed by atoms with Crippen LogP contribution in [0.15, 0.2) is 82.8 Å². The first-order valence-corrected chi connectivity index (χ1v) is 10.8. The number of rotatable bonds is 6. The zero-order valence-electron chi connectivity index (χ0n) is 17.6. The Morgan fingerprint density at radius 1 is 0.970 bits per heavy atom. The van der Waals surface area contributed by atoms with Crippen molar-refractivity contribution in [1.82, 2.24) is 5.32 Å². The number of para-hydroxylation sites is 1. The van der Waals surface area contributed by atoms with Crippen LogP contribution in [0.4, 0.5) is 10.5 Å². The van der Waals surface area contributed by atoms with Gasteiger partial charge in [-0.05, 0) is 36.4 Å². The summed E-state index contributed by atoms with van der Waals surface area (Å²) in [5, 5.41) is 2.22. The van der Waals surface area contributed by atoms with Crippen molar-refractivity contribution < 1.29 is 23.9 Å². The Hall–Kier alpha value is -3.91. The number of urea groups is 1. The van der Waals surface area contributed by atoms with Crippen molar-refractivity contribution in [3.05, 3.63) is 94.0 Å². The summed E-state index contributed by atoms with van der Waals surface area (Å²) in [7, 11) is 1.53. The molecule has 3 aromatic carbocycles. The van der Waals surface area contributed by atoms with Crippen LogP contribution >= 0.6 is 15.9 Å². The van der Waals surface area contributed by atoms with Crippen molar-refractivity contribution in [1.29, 1.82) is 0 Å². The third-order valence-corrected chi connectivity index (χ3v) is 5.75. The third-order valence-electron chi connectivity index (χ3n) is 4.98. The van der Waals surface area contributed by atoms with Gasteiger partial charge in [-0.3, -0.25) is 14.9 Å². The molecular formula is C25H19BrN2O5. The van der Waals surface area contributed by atoms with Crippen molar-refractivity contribution in [2.24, 2.45) is 0 Å². The molecule has 1 heterocycles. The van der Waals surface area contributed by atoms with E-state index in [1.165, 1.54) is 13.2 Å². The molecule has 0 saturated carbocycles. The van der Waals surface area contributed by atoms with Crippen LogP contribution in [0.1, 0.15) is 11.1 Å². The Morgan fingerprint density at radius 2 is 1.70 bits per heavy atom. The van der Waals surface area contributed by atoms with E-state index < -0.39 is 17.8 Å². The fourth-order valence-corrected chi connectivity index (χ4v) is 3.68. The molecule has 1 aliphatic rings. The highest BCUT2D eigenvalue weighted by Gasteiger charge is 2.36. The summed E-state index contributed by atoms with van der Waals surface area (Å²) in [6.07, 6.45) is 1.41. The highest BCUT2D eigenvalue weighted by Crippen LogP contribution is 2.30. The van der Waals surface area contributed by atoms with Crippen LogP contribution in [0.2, 0.25) is 0 Å². The quantitative estimate of drug-likeness (QED) is 0.386. The van der Waals surface area contributed by atoms with Crippen LogP contribution in [0, 0.1) is 0 Å². The van der Waals surface area contributed by atoms with Gasteiger partial charge in [-0.15, -0.1) is 0 Å². The number of nitrogens with one attached hydrogen (secondary N) is 1. The number of carbonyl (C=O) groups is 3. The van der Waals surface area contributed by atoms with Gasteiger partial charge in [-0.25, -0.2) is 9.69 Å². The summed E-state index contributed by atoms with van der Waals surface area (Å²) in [6.45, 7) is 0.250. The van der Waals surface area contributed by atoms with Gasteiger partial charge in [-0.1, -0.05) is 52.3 Å². The highest BCUT2D eigenvalue weighted by atomic mass is 79.9. The molecule has 0 spiro atoms. The van der Waals surface area contributed by atoms with Gasteiger partial charge in [0.05, 0.1) is 12.8 Å². The Kier molecular flexibility index (Phi) is 6.55. The zero-order chi connectivity index (χ0) is 23.4. The monoisotopic (exact) mass is 506 g/mol. The van der Waals surface area contributed by atoms with Crippen LogP contribution in [0.5, 0.6) is 11.5 Å². The van der Waals surface area contributed by atoms with E-state index in [-0.39, 0.29) is 12.2 Å². The van der Waals surface area contributed by atoms with E-state index in [4.69, 9.17) is 9.47 Å². The van der Waals surface area contributed by atoms with E-state index in [0.717, 1.165) is 14.9 Å². The molecule has 1 fully saturated rings. The maximum Gasteiger partial charge on any atom is 0.335 e. The summed E-state index contributed by atoms with van der Waals surface area (Å²) in [5.41, 5.74) is 1.59. The lowest BCUT2D eigenvalue weighted by Crippen LogP contribution is -2.54. The lowest BCUT2D eigenvalue weighted by atomic mass is 10.1. The maximum absolute atomic E-state index is 13.1. The molecule has 0 aliphatic carbocycles. The molecule has 0 radical (unpaired) electrons. The van der Waals surface area contributed by atoms with Crippen LogP contribution in [0.3, 0.4) is 0 Å². The van der Waals surface area contributed by atoms with Crippen LogP contribution < -0.4 is 19.7 Å². The summed E-state index contributed by atoms with van der Waals surface area (Å²) in [6, 6.07) is 20.3. The van der Waals surface area contributed by atoms with E-state index in [2.05, 4.69) is 21.2 Å². The lowest BCUT2D eigenvalue weighted by molar-refractivity contribution is -0.122. The average molecular weight is 507 g/mol. The molecule has 7 nitrogen and oxygen atoms in total. The Morgan fingerprint density at radius 3 is 2.42 bits per heavy atom. The summed E-state index contributed by atoms with van der Waals surface area (Å²) in [5.74, 6) is -0.520. The first kappa shape index (κ1) is 22.3. The molecular weight excluding hydrogens is 488 g/mol. The number of anilines is 1. The number of ether oxygens (including phenoxy) is 2. The van der Waals surface area contributed by atoms with E-state index in [1.54, 1.807) is 48.5 Å². The smallest absolute Gasteiger partial charge is 0.335 e. The number of carbonyl (C=O) groups excluding carboxylic acids is 3. The molecule has 4 amide bonds. The predicted molar refractivity (Wildman–Crippen MR) is 127 cm³/mol. The molecule has 1 N–H and O–H groups in total. The van der Waals surface area contributed by atoms with E-state index in [1.807, 2.05) is 24.3 Å². The standard InChI is InChI=1S/C25H19BrN2O5/c1-32-19-12-11-16(22(14-19)33-15-17-7-5-6-10-21(17)26)13-20-23(29)27-25(31)28(24(20)30)18-8-3-2-4-9-18/h2-14H,15H2,1H3,(H,27,29,31)/b20-13+. The zero-order valence-corrected chi connectivity index (χ0v) is 19.2. The van der Waals surface area contributed by atoms with Crippen LogP contribution in [-0.2, 0) is 16.2 Å². The maximum atomic E-state index is 13.1. The molecule has 8 heteroatoms. The molecule has 1 aliphatic heterocycles. The van der Waals surface area contributed by atoms with E-state index in [0.29, 0.717) is 22.7 Å². The minimum Gasteiger partial charge on any atom is -0.497 e. The SMILES string of the molecule is COc1ccc(/C=C2\C(=O)NC(=O)N(c3ccccc3)C2=O)c(OCc2ccccc2Br)c1. The molecule has 0 bridgehead atoms. The third kappa shape index (κ3) is 4.80. The van der Waals surface area contributed by atoms with Gasteiger partial charge in [0.1, 0.15) is 23.7 Å². The van der Waals surface area contributed by atoms with Gasteiger partial charge >= 0.3 is 6.03 Å². The van der Waals surface area contributed by atoms with Crippen molar-refractivity contribution >= 4 is 45.5 Å². The molecule has 33 heavy (non-hydrogen) atoms. The molecule has 3 aromatic rings. The van der Waals surface area contributed by atoms with Crippen molar-refractivity contribution in [2.45, 2.75) is 6.61 Å². The second-order valence-corrected chi connectivity index (χ2v) is 7.93. The molecule has 166 valence electrons. The van der Waals surface area contributed by atoms with Crippen molar-refractivity contribution in [3.8, 4) is 11.5 Å². The van der Waals surface area contributed by atoms with Crippen LogP contribution in [0.25, 0.3) is 6.08 Å². The van der Waals surface area contributed by atoms with Gasteiger partial charge < -0.3 is 9.47 Å². The van der Waals surface area contributed by atoms with Gasteiger partial charge in [0.25, 0.3) is 11.8 Å². The summed E-state index contributed by atoms with van der Waals surface area (Å²) in [4.78, 5) is 38.9. The second kappa shape index (κ2) is 9.70. The van der Waals surface area contributed by atoms with Gasteiger partial charge in [0.2, 0.25) is 0 Å². The van der Waals surface area contributed by atoms with Gasteiger partial charge in [0, 0.05) is 21.7 Å². The molecule has 0 atom stereocenters. The summed E-state index contributed by atoms with van der Waals surface area (Å²) < 4.78 is 12.2. The first-order valence-electron chi connectivity index (χ1n) is 9.98. The minimum atomic E-state index is -0.798. The number of hydrogen-bond acceptors (Lipinski definition) is 5. The summed E-state index contributed by atoms with van der Waals surface area (Å²) >= 11 is 3.49. The average Bonchev–Trinajstić information content (AvgIpc) is 2.82. The van der Waals surface area contributed by atoms with Crippen LogP contribution in [-0.4, -0.2) is 25.0 Å². The number of barbiturate groups is 1. The first-order chi connectivity index (χ1) is 16.0. The minimum absolute atomic E-state index is 0.186. The molecule has 1 saturated heterocycles. The van der Waals surface area contributed by atoms with Gasteiger partial charge in [-0.2, -0.15) is 0 Å². The van der Waals surface area contributed by atoms with E-state index >= 15 is 0 Å². The Bertz CT molecular complexity index is 1260. The highest BCUT2D eigenvalue weighted by molar-refractivity contribution is 9.10. The number of benzene rings is 3. The largest absolute Gasteiger partial charge is 0.497 e. The van der Waals surface area contributed by atoms with Crippen molar-refractivity contribution in [3.63, 3.8) is 0 Å². The fourth-order valence-electron chi connectivity index (χ4n) is 3.28. The van der Waals surface area contributed by atoms with E-state index in [9.17, 15) is 14.4 Å². The van der Waals surface area contributed by atoms with Crippen molar-refractivity contribution in [2.75, 3.05) is 12.0 Å². The topological polar surface area (TPSA) is 84.9 Å². The lowest BCUT2D eigenvalue weighted by Gasteiger charge is -2.26. The molecule has 0 unspecified atom stereocenters. The molecule has 4 rings (SSSR count). The number of imide groups is 2. The number of amides is 4. The number of halogens is 1. The normalized spacial score (nSPS) is 14.9. The Balaban J connectivity index is 1.69. The second-order valence-electron chi connectivity index (χ2n) is 7.08. The number of nitrogens with zero attached hydrogens (tertiary/aromatic N) is 1.